The zero-order chi connectivity index (χ0) is 15.4. The average Bonchev–Trinajstić information content (AvgIpc) is 2.75. The van der Waals surface area contributed by atoms with Crippen LogP contribution in [0.15, 0.2) is 28.2 Å². The van der Waals surface area contributed by atoms with Gasteiger partial charge in [-0.1, -0.05) is 34.4 Å². The third-order valence-corrected chi connectivity index (χ3v) is 6.82. The summed E-state index contributed by atoms with van der Waals surface area (Å²) in [4.78, 5) is 16.7. The summed E-state index contributed by atoms with van der Waals surface area (Å²) in [6.45, 7) is 2.54. The van der Waals surface area contributed by atoms with Crippen molar-refractivity contribution in [2.75, 3.05) is 4.43 Å². The van der Waals surface area contributed by atoms with Gasteiger partial charge < -0.3 is 0 Å². The van der Waals surface area contributed by atoms with Crippen molar-refractivity contribution < 1.29 is 13.2 Å². The van der Waals surface area contributed by atoms with Gasteiger partial charge in [-0.15, -0.1) is 0 Å². The first kappa shape index (κ1) is 15.1. The molecule has 0 saturated heterocycles. The van der Waals surface area contributed by atoms with E-state index in [1.54, 1.807) is 4.57 Å². The van der Waals surface area contributed by atoms with Gasteiger partial charge in [-0.3, -0.25) is 9.36 Å². The van der Waals surface area contributed by atoms with Gasteiger partial charge >= 0.3 is 6.18 Å². The Hall–Kier alpha value is -0.770. The minimum Gasteiger partial charge on any atom is -0.286 e. The summed E-state index contributed by atoms with van der Waals surface area (Å²) in [5.74, 6) is 0. The van der Waals surface area contributed by atoms with Crippen LogP contribution < -0.4 is 5.56 Å². The highest BCUT2D eigenvalue weighted by Gasteiger charge is 2.36. The third-order valence-electron chi connectivity index (χ3n) is 3.36. The van der Waals surface area contributed by atoms with Crippen molar-refractivity contribution in [3.63, 3.8) is 0 Å². The highest BCUT2D eigenvalue weighted by atomic mass is 127. The highest BCUT2D eigenvalue weighted by Crippen LogP contribution is 2.40. The van der Waals surface area contributed by atoms with E-state index in [-0.39, 0.29) is 21.2 Å². The van der Waals surface area contributed by atoms with E-state index in [1.165, 1.54) is 17.8 Å². The second kappa shape index (κ2) is 4.87. The summed E-state index contributed by atoms with van der Waals surface area (Å²) < 4.78 is 40.5. The quantitative estimate of drug-likeness (QED) is 0.396. The van der Waals surface area contributed by atoms with Crippen LogP contribution in [-0.2, 0) is 12.7 Å². The molecule has 1 unspecified atom stereocenters. The van der Waals surface area contributed by atoms with E-state index in [0.717, 1.165) is 16.6 Å². The smallest absolute Gasteiger partial charge is 0.286 e. The summed E-state index contributed by atoms with van der Waals surface area (Å²) in [5.41, 5.74) is -0.956. The van der Waals surface area contributed by atoms with E-state index in [9.17, 15) is 18.0 Å². The lowest BCUT2D eigenvalue weighted by Gasteiger charge is -2.16. The standard InChI is InChI=1S/C13H10F3IN2OS/c1-12(5-17)6-19-10(20)8-3-2-7(13(14,15)16)4-9(8)18-11(19)21-12/h2-4H,5-6H2,1H3. The van der Waals surface area contributed by atoms with Crippen LogP contribution in [-0.4, -0.2) is 18.7 Å². The largest absolute Gasteiger partial charge is 0.416 e. The molecule has 1 aromatic carbocycles. The van der Waals surface area contributed by atoms with E-state index in [1.807, 2.05) is 6.92 Å². The van der Waals surface area contributed by atoms with Crippen molar-refractivity contribution in [2.45, 2.75) is 29.5 Å². The molecule has 0 aliphatic carbocycles. The molecule has 2 aromatic rings. The van der Waals surface area contributed by atoms with Gasteiger partial charge in [0.25, 0.3) is 5.56 Å². The zero-order valence-electron chi connectivity index (χ0n) is 10.9. The van der Waals surface area contributed by atoms with Gasteiger partial charge in [0, 0.05) is 15.7 Å². The number of fused-ring (bicyclic) bond motifs is 2. The van der Waals surface area contributed by atoms with Gasteiger partial charge in [0.1, 0.15) is 0 Å². The highest BCUT2D eigenvalue weighted by molar-refractivity contribution is 14.1. The van der Waals surface area contributed by atoms with Crippen molar-refractivity contribution in [2.24, 2.45) is 0 Å². The molecular formula is C13H10F3IN2OS. The maximum atomic E-state index is 12.8. The van der Waals surface area contributed by atoms with Crippen molar-refractivity contribution >= 4 is 45.3 Å². The number of thioether (sulfide) groups is 1. The molecule has 1 aliphatic rings. The minimum absolute atomic E-state index is 0.103. The maximum absolute atomic E-state index is 12.8. The molecule has 0 N–H and O–H groups in total. The van der Waals surface area contributed by atoms with Crippen LogP contribution in [0.4, 0.5) is 13.2 Å². The van der Waals surface area contributed by atoms with Crippen LogP contribution in [0.25, 0.3) is 10.9 Å². The Morgan fingerprint density at radius 2 is 2.19 bits per heavy atom. The number of halogens is 4. The maximum Gasteiger partial charge on any atom is 0.416 e. The summed E-state index contributed by atoms with van der Waals surface area (Å²) >= 11 is 3.68. The predicted molar refractivity (Wildman–Crippen MR) is 84.2 cm³/mol. The molecule has 1 atom stereocenters. The molecule has 0 bridgehead atoms. The van der Waals surface area contributed by atoms with E-state index in [2.05, 4.69) is 27.6 Å². The topological polar surface area (TPSA) is 34.9 Å². The number of rotatable bonds is 1. The molecule has 8 heteroatoms. The van der Waals surface area contributed by atoms with Crippen LogP contribution in [0.1, 0.15) is 12.5 Å². The Bertz CT molecular complexity index is 789. The van der Waals surface area contributed by atoms with Crippen molar-refractivity contribution in [1.29, 1.82) is 0 Å². The Morgan fingerprint density at radius 3 is 2.81 bits per heavy atom. The number of nitrogens with zero attached hydrogens (tertiary/aromatic N) is 2. The number of hydrogen-bond acceptors (Lipinski definition) is 3. The van der Waals surface area contributed by atoms with Gasteiger partial charge in [-0.05, 0) is 25.1 Å². The molecule has 0 radical (unpaired) electrons. The van der Waals surface area contributed by atoms with Crippen LogP contribution in [0, 0.1) is 0 Å². The van der Waals surface area contributed by atoms with Crippen molar-refractivity contribution in [3.05, 3.63) is 34.1 Å². The second-order valence-electron chi connectivity index (χ2n) is 5.20. The van der Waals surface area contributed by atoms with E-state index >= 15 is 0 Å². The van der Waals surface area contributed by atoms with Crippen LogP contribution >= 0.6 is 34.4 Å². The van der Waals surface area contributed by atoms with E-state index in [4.69, 9.17) is 0 Å². The molecular weight excluding hydrogens is 416 g/mol. The summed E-state index contributed by atoms with van der Waals surface area (Å²) in [7, 11) is 0. The average molecular weight is 426 g/mol. The Balaban J connectivity index is 2.21. The van der Waals surface area contributed by atoms with E-state index in [0.29, 0.717) is 11.7 Å². The number of hydrogen-bond donors (Lipinski definition) is 0. The van der Waals surface area contributed by atoms with Gasteiger partial charge in [-0.25, -0.2) is 4.98 Å². The molecule has 2 heterocycles. The molecule has 112 valence electrons. The Kier molecular flexibility index (Phi) is 3.51. The third kappa shape index (κ3) is 2.56. The molecule has 0 fully saturated rings. The van der Waals surface area contributed by atoms with Gasteiger partial charge in [0.2, 0.25) is 0 Å². The molecule has 1 aromatic heterocycles. The van der Waals surface area contributed by atoms with Gasteiger partial charge in [0.15, 0.2) is 5.16 Å². The molecule has 21 heavy (non-hydrogen) atoms. The second-order valence-corrected chi connectivity index (χ2v) is 7.52. The van der Waals surface area contributed by atoms with Gasteiger partial charge in [-0.2, -0.15) is 13.2 Å². The SMILES string of the molecule is CC1(CI)Cn2c(nc3cc(C(F)(F)F)ccc3c2=O)S1. The lowest BCUT2D eigenvalue weighted by molar-refractivity contribution is -0.137. The lowest BCUT2D eigenvalue weighted by Crippen LogP contribution is -2.28. The number of aromatic nitrogens is 2. The molecule has 0 saturated carbocycles. The van der Waals surface area contributed by atoms with Gasteiger partial charge in [0.05, 0.1) is 16.5 Å². The zero-order valence-corrected chi connectivity index (χ0v) is 13.8. The fourth-order valence-electron chi connectivity index (χ4n) is 2.25. The summed E-state index contributed by atoms with van der Waals surface area (Å²) in [6.07, 6.45) is -4.44. The first-order valence-electron chi connectivity index (χ1n) is 6.10. The normalized spacial score (nSPS) is 21.8. The monoisotopic (exact) mass is 426 g/mol. The van der Waals surface area contributed by atoms with Crippen molar-refractivity contribution in [1.82, 2.24) is 9.55 Å². The Morgan fingerprint density at radius 1 is 1.48 bits per heavy atom. The van der Waals surface area contributed by atoms with Crippen LogP contribution in [0.5, 0.6) is 0 Å². The molecule has 3 nitrogen and oxygen atoms in total. The van der Waals surface area contributed by atoms with E-state index < -0.39 is 11.7 Å². The first-order valence-corrected chi connectivity index (χ1v) is 8.44. The lowest BCUT2D eigenvalue weighted by atomic mass is 10.1. The Labute approximate surface area is 136 Å². The molecule has 0 amide bonds. The van der Waals surface area contributed by atoms with Crippen LogP contribution in [0.3, 0.4) is 0 Å². The minimum atomic E-state index is -4.44. The number of alkyl halides is 4. The first-order chi connectivity index (χ1) is 9.73. The fraction of sp³-hybridized carbons (Fsp3) is 0.385. The van der Waals surface area contributed by atoms with Crippen LogP contribution in [0.2, 0.25) is 0 Å². The number of benzene rings is 1. The molecule has 0 spiro atoms. The molecule has 3 rings (SSSR count). The fourth-order valence-corrected chi connectivity index (χ4v) is 4.05. The summed E-state index contributed by atoms with van der Waals surface area (Å²) in [6, 6.07) is 3.08. The molecule has 1 aliphatic heterocycles. The van der Waals surface area contributed by atoms with Crippen molar-refractivity contribution in [3.8, 4) is 0 Å². The summed E-state index contributed by atoms with van der Waals surface area (Å²) in [5, 5.41) is 0.719. The predicted octanol–water partition coefficient (Wildman–Crippen LogP) is 3.71.